The van der Waals surface area contributed by atoms with Crippen molar-refractivity contribution in [3.63, 3.8) is 0 Å². The highest BCUT2D eigenvalue weighted by molar-refractivity contribution is 5.66. The molecule has 1 saturated carbocycles. The Hall–Kier alpha value is -0.570. The number of carboxylic acid groups (broad SMARTS) is 1. The van der Waals surface area contributed by atoms with Crippen LogP contribution in [0.2, 0.25) is 0 Å². The van der Waals surface area contributed by atoms with Crippen LogP contribution in [0.3, 0.4) is 0 Å². The molecule has 0 bridgehead atoms. The van der Waals surface area contributed by atoms with Gasteiger partial charge in [-0.3, -0.25) is 9.69 Å². The van der Waals surface area contributed by atoms with Crippen LogP contribution in [0.5, 0.6) is 0 Å². The van der Waals surface area contributed by atoms with E-state index in [0.717, 1.165) is 18.9 Å². The highest BCUT2D eigenvalue weighted by atomic mass is 16.4. The molecule has 0 aromatic heterocycles. The van der Waals surface area contributed by atoms with Crippen LogP contribution in [0.4, 0.5) is 0 Å². The minimum Gasteiger partial charge on any atom is -0.481 e. The zero-order valence-electron chi connectivity index (χ0n) is 14.0. The summed E-state index contributed by atoms with van der Waals surface area (Å²) in [5.74, 6) is 0.164. The van der Waals surface area contributed by atoms with E-state index >= 15 is 0 Å². The van der Waals surface area contributed by atoms with Crippen molar-refractivity contribution < 1.29 is 9.90 Å². The van der Waals surface area contributed by atoms with E-state index in [1.54, 1.807) is 0 Å². The van der Waals surface area contributed by atoms with Gasteiger partial charge in [0.25, 0.3) is 0 Å². The second-order valence-corrected chi connectivity index (χ2v) is 7.70. The van der Waals surface area contributed by atoms with E-state index in [4.69, 9.17) is 5.11 Å². The first kappa shape index (κ1) is 17.5. The number of hydrogen-bond acceptors (Lipinski definition) is 2. The first-order valence-corrected chi connectivity index (χ1v) is 8.19. The summed E-state index contributed by atoms with van der Waals surface area (Å²) in [6.07, 6.45) is 6.24. The molecule has 1 fully saturated rings. The van der Waals surface area contributed by atoms with Crippen molar-refractivity contribution in [3.8, 4) is 0 Å². The van der Waals surface area contributed by atoms with Crippen molar-refractivity contribution in [2.45, 2.75) is 85.2 Å². The molecule has 1 aliphatic carbocycles. The van der Waals surface area contributed by atoms with Gasteiger partial charge in [0, 0.05) is 18.5 Å². The smallest absolute Gasteiger partial charge is 0.303 e. The van der Waals surface area contributed by atoms with Crippen molar-refractivity contribution in [2.75, 3.05) is 6.54 Å². The van der Waals surface area contributed by atoms with Crippen molar-refractivity contribution in [3.05, 3.63) is 0 Å². The molecule has 20 heavy (non-hydrogen) atoms. The molecule has 0 spiro atoms. The second kappa shape index (κ2) is 7.44. The normalized spacial score (nSPS) is 24.4. The van der Waals surface area contributed by atoms with E-state index in [0.29, 0.717) is 23.9 Å². The Bertz CT molecular complexity index is 299. The van der Waals surface area contributed by atoms with Crippen LogP contribution in [-0.2, 0) is 4.79 Å². The molecule has 118 valence electrons. The minimum atomic E-state index is -0.676. The van der Waals surface area contributed by atoms with Crippen LogP contribution >= 0.6 is 0 Å². The van der Waals surface area contributed by atoms with Crippen molar-refractivity contribution in [1.29, 1.82) is 0 Å². The second-order valence-electron chi connectivity index (χ2n) is 7.70. The molecule has 0 aromatic rings. The Kier molecular flexibility index (Phi) is 6.50. The maximum atomic E-state index is 10.7. The van der Waals surface area contributed by atoms with E-state index in [-0.39, 0.29) is 0 Å². The van der Waals surface area contributed by atoms with Gasteiger partial charge in [-0.15, -0.1) is 0 Å². The highest BCUT2D eigenvalue weighted by Gasteiger charge is 2.32. The zero-order valence-corrected chi connectivity index (χ0v) is 14.0. The Morgan fingerprint density at radius 3 is 2.15 bits per heavy atom. The summed E-state index contributed by atoms with van der Waals surface area (Å²) in [6.45, 7) is 12.4. The molecule has 0 unspecified atom stereocenters. The monoisotopic (exact) mass is 283 g/mol. The fourth-order valence-electron chi connectivity index (χ4n) is 3.55. The highest BCUT2D eigenvalue weighted by Crippen LogP contribution is 2.39. The maximum absolute atomic E-state index is 10.7. The lowest BCUT2D eigenvalue weighted by Crippen LogP contribution is -2.44. The molecule has 0 amide bonds. The fraction of sp³-hybridized carbons (Fsp3) is 0.941. The molecule has 1 rings (SSSR count). The molecule has 0 aliphatic heterocycles. The third-order valence-corrected chi connectivity index (χ3v) is 4.86. The van der Waals surface area contributed by atoms with E-state index in [9.17, 15) is 4.79 Å². The predicted octanol–water partition coefficient (Wildman–Crippen LogP) is 4.17. The van der Waals surface area contributed by atoms with Gasteiger partial charge in [-0.2, -0.15) is 0 Å². The van der Waals surface area contributed by atoms with Gasteiger partial charge >= 0.3 is 5.97 Å². The number of aliphatic carboxylic acids is 1. The average molecular weight is 283 g/mol. The van der Waals surface area contributed by atoms with Gasteiger partial charge in [-0.25, -0.2) is 0 Å². The van der Waals surface area contributed by atoms with Crippen LogP contribution in [0, 0.1) is 11.3 Å². The third-order valence-electron chi connectivity index (χ3n) is 4.86. The molecule has 0 radical (unpaired) electrons. The molecule has 0 atom stereocenters. The van der Waals surface area contributed by atoms with Gasteiger partial charge in [0.05, 0.1) is 0 Å². The number of nitrogens with zero attached hydrogens (tertiary/aromatic N) is 1. The summed E-state index contributed by atoms with van der Waals surface area (Å²) >= 11 is 0. The van der Waals surface area contributed by atoms with E-state index < -0.39 is 5.97 Å². The quantitative estimate of drug-likeness (QED) is 0.795. The summed E-state index contributed by atoms with van der Waals surface area (Å²) in [6, 6.07) is 1.17. The first-order valence-electron chi connectivity index (χ1n) is 8.19. The lowest BCUT2D eigenvalue weighted by Gasteiger charge is -2.42. The standard InChI is InChI=1S/C17H33NO2/c1-13(2)18(12-6-7-16(19)20)15-10-8-14(9-11-15)17(3,4)5/h13-15H,6-12H2,1-5H3,(H,19,20). The molecule has 1 aliphatic rings. The van der Waals surface area contributed by atoms with Crippen LogP contribution in [-0.4, -0.2) is 34.6 Å². The van der Waals surface area contributed by atoms with Crippen molar-refractivity contribution >= 4 is 5.97 Å². The van der Waals surface area contributed by atoms with Gasteiger partial charge in [-0.05, 0) is 63.8 Å². The van der Waals surface area contributed by atoms with Gasteiger partial charge < -0.3 is 5.11 Å². The van der Waals surface area contributed by atoms with Crippen LogP contribution < -0.4 is 0 Å². The number of carboxylic acids is 1. The molecule has 3 heteroatoms. The summed E-state index contributed by atoms with van der Waals surface area (Å²) in [4.78, 5) is 13.2. The van der Waals surface area contributed by atoms with E-state index in [1.807, 2.05) is 0 Å². The SMILES string of the molecule is CC(C)N(CCCC(=O)O)C1CCC(C(C)(C)C)CC1. The number of carbonyl (C=O) groups is 1. The van der Waals surface area contributed by atoms with Gasteiger partial charge in [0.2, 0.25) is 0 Å². The largest absolute Gasteiger partial charge is 0.481 e. The van der Waals surface area contributed by atoms with Crippen molar-refractivity contribution in [1.82, 2.24) is 4.90 Å². The maximum Gasteiger partial charge on any atom is 0.303 e. The molecule has 0 aromatic carbocycles. The molecule has 0 heterocycles. The summed E-state index contributed by atoms with van der Waals surface area (Å²) < 4.78 is 0. The van der Waals surface area contributed by atoms with Crippen LogP contribution in [0.15, 0.2) is 0 Å². The molecular formula is C17H33NO2. The molecule has 3 nitrogen and oxygen atoms in total. The summed E-state index contributed by atoms with van der Waals surface area (Å²) in [5, 5.41) is 8.78. The van der Waals surface area contributed by atoms with Crippen LogP contribution in [0.25, 0.3) is 0 Å². The lowest BCUT2D eigenvalue weighted by molar-refractivity contribution is -0.137. The lowest BCUT2D eigenvalue weighted by atomic mass is 9.71. The molecule has 0 saturated heterocycles. The number of rotatable bonds is 6. The summed E-state index contributed by atoms with van der Waals surface area (Å²) in [7, 11) is 0. The first-order chi connectivity index (χ1) is 9.21. The molecule has 1 N–H and O–H groups in total. The van der Waals surface area contributed by atoms with E-state index in [2.05, 4.69) is 39.5 Å². The van der Waals surface area contributed by atoms with Gasteiger partial charge in [0.15, 0.2) is 0 Å². The van der Waals surface area contributed by atoms with Gasteiger partial charge in [0.1, 0.15) is 0 Å². The summed E-state index contributed by atoms with van der Waals surface area (Å²) in [5.41, 5.74) is 0.428. The Morgan fingerprint density at radius 2 is 1.75 bits per heavy atom. The van der Waals surface area contributed by atoms with Crippen LogP contribution in [0.1, 0.15) is 73.1 Å². The van der Waals surface area contributed by atoms with E-state index in [1.165, 1.54) is 25.7 Å². The Labute approximate surface area is 124 Å². The Balaban J connectivity index is 2.47. The minimum absolute atomic E-state index is 0.292. The molecular weight excluding hydrogens is 250 g/mol. The zero-order chi connectivity index (χ0) is 15.3. The van der Waals surface area contributed by atoms with Crippen molar-refractivity contribution in [2.24, 2.45) is 11.3 Å². The predicted molar refractivity (Wildman–Crippen MR) is 83.9 cm³/mol. The number of hydrogen-bond donors (Lipinski definition) is 1. The third kappa shape index (κ3) is 5.43. The Morgan fingerprint density at radius 1 is 1.20 bits per heavy atom. The fourth-order valence-corrected chi connectivity index (χ4v) is 3.55. The van der Waals surface area contributed by atoms with Gasteiger partial charge in [-0.1, -0.05) is 20.8 Å². The topological polar surface area (TPSA) is 40.5 Å². The average Bonchev–Trinajstić information content (AvgIpc) is 2.33.